The van der Waals surface area contributed by atoms with Crippen LogP contribution in [0.3, 0.4) is 0 Å². The number of hydrogen-bond donors (Lipinski definition) is 1. The first-order valence-electron chi connectivity index (χ1n) is 13.4. The molecule has 3 aliphatic rings. The molecule has 1 saturated heterocycles. The van der Waals surface area contributed by atoms with Gasteiger partial charge in [-0.1, -0.05) is 48.6 Å². The van der Waals surface area contributed by atoms with Crippen LogP contribution in [0.1, 0.15) is 79.4 Å². The highest BCUT2D eigenvalue weighted by molar-refractivity contribution is 8.26. The van der Waals surface area contributed by atoms with Crippen LogP contribution in [-0.2, 0) is 22.4 Å². The minimum atomic E-state index is -0.144. The zero-order chi connectivity index (χ0) is 26.5. The Hall–Kier alpha value is -2.67. The van der Waals surface area contributed by atoms with Crippen LogP contribution >= 0.6 is 35.3 Å². The molecule has 5 rings (SSSR count). The number of rotatable bonds is 8. The van der Waals surface area contributed by atoms with E-state index in [4.69, 9.17) is 17.0 Å². The molecule has 1 saturated carbocycles. The maximum atomic E-state index is 13.2. The van der Waals surface area contributed by atoms with Gasteiger partial charge in [0, 0.05) is 23.4 Å². The molecule has 198 valence electrons. The van der Waals surface area contributed by atoms with Crippen molar-refractivity contribution in [2.45, 2.75) is 76.7 Å². The van der Waals surface area contributed by atoms with Crippen LogP contribution < -0.4 is 10.1 Å². The van der Waals surface area contributed by atoms with Gasteiger partial charge in [-0.15, -0.1) is 11.3 Å². The Morgan fingerprint density at radius 1 is 1.18 bits per heavy atom. The lowest BCUT2D eigenvalue weighted by Crippen LogP contribution is -2.29. The van der Waals surface area contributed by atoms with Crippen molar-refractivity contribution in [3.63, 3.8) is 0 Å². The van der Waals surface area contributed by atoms with Crippen LogP contribution in [0.2, 0.25) is 0 Å². The van der Waals surface area contributed by atoms with E-state index in [1.165, 1.54) is 47.2 Å². The average Bonchev–Trinajstić information content (AvgIpc) is 3.41. The van der Waals surface area contributed by atoms with Crippen molar-refractivity contribution in [1.82, 2.24) is 4.90 Å². The maximum Gasteiger partial charge on any atom is 0.266 e. The molecule has 2 amide bonds. The Kier molecular flexibility index (Phi) is 8.82. The lowest BCUT2D eigenvalue weighted by atomic mass is 9.96. The van der Waals surface area contributed by atoms with Gasteiger partial charge in [-0.3, -0.25) is 14.5 Å². The molecule has 1 aromatic heterocycles. The molecule has 0 bridgehead atoms. The fourth-order valence-electron chi connectivity index (χ4n) is 5.26. The first kappa shape index (κ1) is 26.9. The van der Waals surface area contributed by atoms with E-state index in [1.807, 2.05) is 30.3 Å². The van der Waals surface area contributed by atoms with E-state index in [2.05, 4.69) is 11.4 Å². The molecule has 0 atom stereocenters. The van der Waals surface area contributed by atoms with Crippen molar-refractivity contribution in [3.05, 3.63) is 50.7 Å². The van der Waals surface area contributed by atoms with E-state index >= 15 is 0 Å². The third-order valence-corrected chi connectivity index (χ3v) is 9.83. The summed E-state index contributed by atoms with van der Waals surface area (Å²) in [5, 5.41) is 13.2. The predicted molar refractivity (Wildman–Crippen MR) is 157 cm³/mol. The number of amides is 2. The van der Waals surface area contributed by atoms with Gasteiger partial charge in [-0.25, -0.2) is 0 Å². The summed E-state index contributed by atoms with van der Waals surface area (Å²) in [6, 6.07) is 10.1. The minimum absolute atomic E-state index is 0.134. The summed E-state index contributed by atoms with van der Waals surface area (Å²) in [5.74, 6) is 0.522. The van der Waals surface area contributed by atoms with Crippen LogP contribution in [-0.4, -0.2) is 33.7 Å². The first-order valence-corrected chi connectivity index (χ1v) is 15.4. The molecule has 1 aliphatic heterocycles. The summed E-state index contributed by atoms with van der Waals surface area (Å²) in [4.78, 5) is 29.2. The van der Waals surface area contributed by atoms with Crippen LogP contribution in [0.25, 0.3) is 6.08 Å². The van der Waals surface area contributed by atoms with Crippen LogP contribution in [0, 0.1) is 11.3 Å². The van der Waals surface area contributed by atoms with Crippen molar-refractivity contribution in [2.75, 3.05) is 11.9 Å². The van der Waals surface area contributed by atoms with Crippen molar-refractivity contribution in [1.29, 1.82) is 5.26 Å². The number of aryl methyl sites for hydroxylation is 1. The van der Waals surface area contributed by atoms with Gasteiger partial charge in [0.05, 0.1) is 16.6 Å². The number of thiophene rings is 1. The molecule has 0 spiro atoms. The normalized spacial score (nSPS) is 18.9. The highest BCUT2D eigenvalue weighted by Gasteiger charge is 2.32. The van der Waals surface area contributed by atoms with Gasteiger partial charge in [0.15, 0.2) is 0 Å². The third kappa shape index (κ3) is 6.14. The maximum absolute atomic E-state index is 13.2. The number of nitriles is 1. The lowest BCUT2D eigenvalue weighted by molar-refractivity contribution is -0.122. The molecule has 2 aliphatic carbocycles. The molecule has 1 N–H and O–H groups in total. The molecule has 1 aromatic carbocycles. The molecule has 0 unspecified atom stereocenters. The minimum Gasteiger partial charge on any atom is -0.490 e. The predicted octanol–water partition coefficient (Wildman–Crippen LogP) is 6.83. The first-order chi connectivity index (χ1) is 18.5. The summed E-state index contributed by atoms with van der Waals surface area (Å²) in [5.41, 5.74) is 2.60. The quantitative estimate of drug-likeness (QED) is 0.279. The second-order valence-corrected chi connectivity index (χ2v) is 12.7. The standard InChI is InChI=1S/C29H31N3O3S3/c30-18-22-21-12-5-7-14-24(21)37-27(22)31-26(33)15-8-16-32-28(34)25(38-29(32)36)17-19-9-4-6-13-23(19)35-20-10-2-1-3-11-20/h4,6,9,13,17,20H,1-3,5,7-8,10-12,14-16H2,(H,31,33)/b25-17-. The largest absolute Gasteiger partial charge is 0.490 e. The molecule has 2 heterocycles. The molecule has 9 heteroatoms. The number of para-hydroxylation sites is 1. The van der Waals surface area contributed by atoms with Gasteiger partial charge in [0.25, 0.3) is 5.91 Å². The summed E-state index contributed by atoms with van der Waals surface area (Å²) >= 11 is 8.32. The zero-order valence-electron chi connectivity index (χ0n) is 21.3. The number of hydrogen-bond acceptors (Lipinski definition) is 7. The van der Waals surface area contributed by atoms with E-state index in [0.29, 0.717) is 32.8 Å². The van der Waals surface area contributed by atoms with Crippen molar-refractivity contribution in [2.24, 2.45) is 0 Å². The topological polar surface area (TPSA) is 82.4 Å². The van der Waals surface area contributed by atoms with Gasteiger partial charge < -0.3 is 10.1 Å². The third-order valence-electron chi connectivity index (χ3n) is 7.25. The van der Waals surface area contributed by atoms with Crippen molar-refractivity contribution < 1.29 is 14.3 Å². The number of anilines is 1. The van der Waals surface area contributed by atoms with E-state index in [9.17, 15) is 14.9 Å². The molecule has 0 radical (unpaired) electrons. The van der Waals surface area contributed by atoms with Crippen LogP contribution in [0.4, 0.5) is 5.00 Å². The Morgan fingerprint density at radius 3 is 2.79 bits per heavy atom. The van der Waals surface area contributed by atoms with Gasteiger partial charge >= 0.3 is 0 Å². The molecular weight excluding hydrogens is 535 g/mol. The molecular formula is C29H31N3O3S3. The van der Waals surface area contributed by atoms with E-state index in [1.54, 1.807) is 4.90 Å². The summed E-state index contributed by atoms with van der Waals surface area (Å²) in [6.07, 6.45) is 12.7. The lowest BCUT2D eigenvalue weighted by Gasteiger charge is -2.23. The second-order valence-electron chi connectivity index (χ2n) is 9.93. The second kappa shape index (κ2) is 12.5. The summed E-state index contributed by atoms with van der Waals surface area (Å²) in [7, 11) is 0. The smallest absolute Gasteiger partial charge is 0.266 e. The van der Waals surface area contributed by atoms with E-state index in [-0.39, 0.29) is 24.3 Å². The number of carbonyl (C=O) groups excluding carboxylic acids is 2. The van der Waals surface area contributed by atoms with Gasteiger partial charge in [-0.05, 0) is 75.5 Å². The fourth-order valence-corrected chi connectivity index (χ4v) is 7.82. The Morgan fingerprint density at radius 2 is 1.97 bits per heavy atom. The number of thiocarbonyl (C=S) groups is 1. The molecule has 2 fully saturated rings. The molecule has 6 nitrogen and oxygen atoms in total. The highest BCUT2D eigenvalue weighted by Crippen LogP contribution is 2.38. The molecule has 2 aromatic rings. The van der Waals surface area contributed by atoms with Gasteiger partial charge in [-0.2, -0.15) is 5.26 Å². The Bertz CT molecular complexity index is 1300. The number of carbonyl (C=O) groups is 2. The van der Waals surface area contributed by atoms with Crippen LogP contribution in [0.5, 0.6) is 5.75 Å². The summed E-state index contributed by atoms with van der Waals surface area (Å²) in [6.45, 7) is 0.377. The van der Waals surface area contributed by atoms with Gasteiger partial charge in [0.2, 0.25) is 5.91 Å². The number of fused-ring (bicyclic) bond motifs is 1. The SMILES string of the molecule is N#Cc1c(NC(=O)CCCN2C(=O)/C(=C/c3ccccc3OC3CCCCC3)SC2=S)sc2c1CCCC2. The monoisotopic (exact) mass is 565 g/mol. The van der Waals surface area contributed by atoms with E-state index < -0.39 is 0 Å². The summed E-state index contributed by atoms with van der Waals surface area (Å²) < 4.78 is 6.80. The molecule has 38 heavy (non-hydrogen) atoms. The van der Waals surface area contributed by atoms with Gasteiger partial charge in [0.1, 0.15) is 21.1 Å². The van der Waals surface area contributed by atoms with Crippen LogP contribution in [0.15, 0.2) is 29.2 Å². The number of thioether (sulfide) groups is 1. The fraction of sp³-hybridized carbons (Fsp3) is 0.448. The Balaban J connectivity index is 1.17. The highest BCUT2D eigenvalue weighted by atomic mass is 32.2. The number of nitrogens with zero attached hydrogens (tertiary/aromatic N) is 2. The Labute approximate surface area is 237 Å². The van der Waals surface area contributed by atoms with E-state index in [0.717, 1.165) is 55.4 Å². The zero-order valence-corrected chi connectivity index (χ0v) is 23.7. The average molecular weight is 566 g/mol. The number of nitrogens with one attached hydrogen (secondary N) is 1. The van der Waals surface area contributed by atoms with Crippen molar-refractivity contribution >= 4 is 62.5 Å². The van der Waals surface area contributed by atoms with Crippen molar-refractivity contribution in [3.8, 4) is 11.8 Å². The number of ether oxygens (including phenoxy) is 1. The number of benzene rings is 1.